The van der Waals surface area contributed by atoms with Gasteiger partial charge in [-0.25, -0.2) is 0 Å². The zero-order valence-electron chi connectivity index (χ0n) is 49.1. The lowest BCUT2D eigenvalue weighted by atomic mass is 9.67. The Hall–Kier alpha value is -8.78. The molecule has 0 heterocycles. The Labute approximate surface area is 486 Å². The molecule has 0 unspecified atom stereocenters. The number of para-hydroxylation sites is 1. The molecule has 1 heteroatoms. The van der Waals surface area contributed by atoms with Crippen molar-refractivity contribution in [2.75, 3.05) is 4.90 Å². The Balaban J connectivity index is 0.975. The van der Waals surface area contributed by atoms with E-state index < -0.39 is 5.41 Å². The van der Waals surface area contributed by atoms with E-state index in [0.29, 0.717) is 0 Å². The van der Waals surface area contributed by atoms with Gasteiger partial charge in [-0.2, -0.15) is 0 Å². The number of nitrogens with zero attached hydrogens (tertiary/aromatic N) is 1. The van der Waals surface area contributed by atoms with E-state index >= 15 is 0 Å². The Kier molecular flexibility index (Phi) is 11.7. The average molecular weight is 1060 g/mol. The molecule has 0 fully saturated rings. The summed E-state index contributed by atoms with van der Waals surface area (Å²) in [7, 11) is 0. The highest BCUT2D eigenvalue weighted by atomic mass is 15.1. The Bertz CT molecular complexity index is 4260. The predicted molar refractivity (Wildman–Crippen MR) is 347 cm³/mol. The van der Waals surface area contributed by atoms with Gasteiger partial charge in [0.15, 0.2) is 0 Å². The summed E-state index contributed by atoms with van der Waals surface area (Å²) >= 11 is 0. The highest BCUT2D eigenvalue weighted by Gasteiger charge is 2.47. The molecule has 11 aromatic rings. The van der Waals surface area contributed by atoms with Crippen molar-refractivity contribution >= 4 is 17.1 Å². The zero-order chi connectivity index (χ0) is 56.5. The summed E-state index contributed by atoms with van der Waals surface area (Å²) in [6.45, 7) is 23.4. The van der Waals surface area contributed by atoms with Crippen LogP contribution in [0.3, 0.4) is 0 Å². The zero-order valence-corrected chi connectivity index (χ0v) is 49.1. The highest BCUT2D eigenvalue weighted by molar-refractivity contribution is 5.96. The van der Waals surface area contributed by atoms with Gasteiger partial charge >= 0.3 is 0 Å². The Morgan fingerprint density at radius 3 is 1.29 bits per heavy atom. The van der Waals surface area contributed by atoms with Crippen molar-refractivity contribution in [1.82, 2.24) is 0 Å². The minimum absolute atomic E-state index is 0.00782. The Morgan fingerprint density at radius 1 is 0.280 bits per heavy atom. The molecule has 0 aliphatic heterocycles. The summed E-state index contributed by atoms with van der Waals surface area (Å²) in [6, 6.07) is 95.1. The molecular formula is C81H71N. The first-order valence-electron chi connectivity index (χ1n) is 29.5. The van der Waals surface area contributed by atoms with Gasteiger partial charge in [-0.15, -0.1) is 0 Å². The molecule has 3 aliphatic rings. The third-order valence-corrected chi connectivity index (χ3v) is 18.9. The van der Waals surface area contributed by atoms with Gasteiger partial charge in [0, 0.05) is 27.8 Å². The molecule has 0 aromatic heterocycles. The van der Waals surface area contributed by atoms with Crippen LogP contribution in [0, 0.1) is 0 Å². The van der Waals surface area contributed by atoms with Gasteiger partial charge in [-0.1, -0.05) is 282 Å². The van der Waals surface area contributed by atoms with Crippen LogP contribution >= 0.6 is 0 Å². The standard InChI is InChI=1S/C81H71N/c1-77(2,3)54-37-41-56(42-38-54)81(57-43-39-55(40-44-57)78(4,5)6)72-32-19-15-26-64(72)67-49-47-59(51-74(67)81)82(75-33-20-16-23-61(75)53-36-48-66-63-25-13-17-30-70(63)79(7,8)73(66)50-53)58-45-34-52(35-46-58)60-22-11-12-24-62(60)68-28-21-29-69-65-27-14-18-31-71(65)80(9,10)76(68)69/h11-51H,1-10H3. The quantitative estimate of drug-likeness (QED) is 0.147. The molecule has 0 bridgehead atoms. The van der Waals surface area contributed by atoms with Crippen LogP contribution in [-0.2, 0) is 27.1 Å². The molecule has 0 saturated carbocycles. The number of anilines is 3. The van der Waals surface area contributed by atoms with Gasteiger partial charge in [0.1, 0.15) is 0 Å². The first kappa shape index (κ1) is 51.4. The van der Waals surface area contributed by atoms with Gasteiger partial charge < -0.3 is 4.90 Å². The minimum Gasteiger partial charge on any atom is -0.310 e. The molecule has 0 radical (unpaired) electrons. The van der Waals surface area contributed by atoms with Crippen molar-refractivity contribution in [3.8, 4) is 66.8 Å². The molecule has 1 nitrogen and oxygen atoms in total. The second-order valence-corrected chi connectivity index (χ2v) is 26.5. The van der Waals surface area contributed by atoms with Crippen molar-refractivity contribution < 1.29 is 0 Å². The number of hydrogen-bond acceptors (Lipinski definition) is 1. The maximum atomic E-state index is 2.53. The van der Waals surface area contributed by atoms with E-state index in [9.17, 15) is 0 Å². The van der Waals surface area contributed by atoms with Crippen molar-refractivity contribution in [3.05, 3.63) is 304 Å². The smallest absolute Gasteiger partial charge is 0.0714 e. The fraction of sp³-hybridized carbons (Fsp3) is 0.185. The average Bonchev–Trinajstić information content (AvgIpc) is 2.54. The van der Waals surface area contributed by atoms with Crippen LogP contribution in [-0.4, -0.2) is 0 Å². The van der Waals surface area contributed by atoms with Crippen LogP contribution in [0.25, 0.3) is 66.8 Å². The van der Waals surface area contributed by atoms with Crippen LogP contribution < -0.4 is 4.90 Å². The van der Waals surface area contributed by atoms with E-state index in [2.05, 4.69) is 323 Å². The highest BCUT2D eigenvalue weighted by Crippen LogP contribution is 2.59. The van der Waals surface area contributed by atoms with E-state index in [4.69, 9.17) is 0 Å². The van der Waals surface area contributed by atoms with Crippen LogP contribution in [0.1, 0.15) is 125 Å². The van der Waals surface area contributed by atoms with Gasteiger partial charge in [0.05, 0.1) is 11.1 Å². The largest absolute Gasteiger partial charge is 0.310 e. The minimum atomic E-state index is -0.609. The van der Waals surface area contributed by atoms with Crippen molar-refractivity contribution in [2.45, 2.75) is 96.3 Å². The number of hydrogen-bond donors (Lipinski definition) is 0. The molecule has 82 heavy (non-hydrogen) atoms. The SMILES string of the molecule is CC(C)(C)c1ccc(C2(c3ccc(C(C)(C)C)cc3)c3ccccc3-c3ccc(N(c4ccc(-c5ccccc5-c5cccc6c5C(C)(C)c5ccccc5-6)cc4)c4ccccc4-c4ccc5c(c4)C(C)(C)c4ccccc4-5)cc32)cc1. The van der Waals surface area contributed by atoms with Gasteiger partial charge in [-0.3, -0.25) is 0 Å². The summed E-state index contributed by atoms with van der Waals surface area (Å²) in [4.78, 5) is 2.53. The van der Waals surface area contributed by atoms with Crippen LogP contribution in [0.4, 0.5) is 17.1 Å². The second kappa shape index (κ2) is 18.6. The van der Waals surface area contributed by atoms with Crippen LogP contribution in [0.15, 0.2) is 249 Å². The second-order valence-electron chi connectivity index (χ2n) is 26.5. The summed E-state index contributed by atoms with van der Waals surface area (Å²) in [5, 5.41) is 0. The van der Waals surface area contributed by atoms with Crippen molar-refractivity contribution in [2.24, 2.45) is 0 Å². The number of fused-ring (bicyclic) bond motifs is 9. The summed E-state index contributed by atoms with van der Waals surface area (Å²) in [5.74, 6) is 0. The van der Waals surface area contributed by atoms with E-state index in [1.165, 1.54) is 122 Å². The van der Waals surface area contributed by atoms with Gasteiger partial charge in [-0.05, 0) is 164 Å². The molecule has 0 spiro atoms. The fourth-order valence-corrected chi connectivity index (χ4v) is 14.7. The monoisotopic (exact) mass is 1060 g/mol. The molecule has 0 saturated heterocycles. The number of benzene rings is 11. The summed E-state index contributed by atoms with van der Waals surface area (Å²) < 4.78 is 0. The van der Waals surface area contributed by atoms with E-state index in [1.54, 1.807) is 0 Å². The lowest BCUT2D eigenvalue weighted by Gasteiger charge is -2.36. The maximum Gasteiger partial charge on any atom is 0.0714 e. The van der Waals surface area contributed by atoms with E-state index in [-0.39, 0.29) is 21.7 Å². The summed E-state index contributed by atoms with van der Waals surface area (Å²) in [6.07, 6.45) is 0. The van der Waals surface area contributed by atoms with Gasteiger partial charge in [0.25, 0.3) is 0 Å². The van der Waals surface area contributed by atoms with E-state index in [0.717, 1.165) is 17.1 Å². The van der Waals surface area contributed by atoms with E-state index in [1.807, 2.05) is 0 Å². The third-order valence-electron chi connectivity index (χ3n) is 18.9. The van der Waals surface area contributed by atoms with Gasteiger partial charge in [0.2, 0.25) is 0 Å². The lowest BCUT2D eigenvalue weighted by molar-refractivity contribution is 0.588. The maximum absolute atomic E-state index is 2.53. The molecule has 400 valence electrons. The summed E-state index contributed by atoms with van der Waals surface area (Å²) in [5.41, 5.74) is 30.9. The van der Waals surface area contributed by atoms with Crippen molar-refractivity contribution in [3.63, 3.8) is 0 Å². The molecule has 14 rings (SSSR count). The fourth-order valence-electron chi connectivity index (χ4n) is 14.7. The number of rotatable bonds is 8. The molecule has 0 atom stereocenters. The molecule has 0 N–H and O–H groups in total. The normalized spacial score (nSPS) is 14.8. The molecule has 0 amide bonds. The molecule has 11 aromatic carbocycles. The topological polar surface area (TPSA) is 3.24 Å². The lowest BCUT2D eigenvalue weighted by Crippen LogP contribution is -2.29. The van der Waals surface area contributed by atoms with Crippen molar-refractivity contribution in [1.29, 1.82) is 0 Å². The van der Waals surface area contributed by atoms with Crippen LogP contribution in [0.5, 0.6) is 0 Å². The Morgan fingerprint density at radius 2 is 0.695 bits per heavy atom. The third kappa shape index (κ3) is 7.80. The first-order valence-corrected chi connectivity index (χ1v) is 29.5. The van der Waals surface area contributed by atoms with Crippen LogP contribution in [0.2, 0.25) is 0 Å². The predicted octanol–water partition coefficient (Wildman–Crippen LogP) is 21.7. The molecular weight excluding hydrogens is 987 g/mol. The first-order chi connectivity index (χ1) is 39.5. The molecule has 3 aliphatic carbocycles.